The molecule has 6 nitrogen and oxygen atoms in total. The van der Waals surface area contributed by atoms with Crippen LogP contribution in [0.1, 0.15) is 0 Å². The molecule has 5 rings (SSSR count). The van der Waals surface area contributed by atoms with E-state index in [1.807, 2.05) is 54.6 Å². The van der Waals surface area contributed by atoms with Crippen LogP contribution in [-0.4, -0.2) is 9.97 Å². The Bertz CT molecular complexity index is 1210. The van der Waals surface area contributed by atoms with Gasteiger partial charge in [0.2, 0.25) is 11.8 Å². The van der Waals surface area contributed by atoms with E-state index in [4.69, 9.17) is 20.3 Å². The SMILES string of the molecule is Nc1cc(-c2cccc(-c3ccc(-c4ncco4)c(N)c3)c2)ccc1-c1ncco1. The van der Waals surface area contributed by atoms with E-state index in [0.717, 1.165) is 33.4 Å². The zero-order chi connectivity index (χ0) is 20.5. The lowest BCUT2D eigenvalue weighted by molar-refractivity contribution is 0.574. The number of nitrogen functional groups attached to an aromatic ring is 2. The van der Waals surface area contributed by atoms with E-state index >= 15 is 0 Å². The van der Waals surface area contributed by atoms with Crippen molar-refractivity contribution in [1.82, 2.24) is 9.97 Å². The summed E-state index contributed by atoms with van der Waals surface area (Å²) in [6.07, 6.45) is 6.27. The summed E-state index contributed by atoms with van der Waals surface area (Å²) in [5.74, 6) is 1.02. The maximum absolute atomic E-state index is 6.25. The molecule has 0 saturated carbocycles. The Labute approximate surface area is 172 Å². The Morgan fingerprint density at radius 1 is 0.567 bits per heavy atom. The van der Waals surface area contributed by atoms with Gasteiger partial charge in [-0.05, 0) is 52.6 Å². The molecule has 0 aliphatic rings. The number of anilines is 2. The van der Waals surface area contributed by atoms with Crippen LogP contribution in [0.2, 0.25) is 0 Å². The zero-order valence-corrected chi connectivity index (χ0v) is 15.9. The lowest BCUT2D eigenvalue weighted by Crippen LogP contribution is -1.92. The fourth-order valence-corrected chi connectivity index (χ4v) is 3.47. The van der Waals surface area contributed by atoms with E-state index in [1.54, 1.807) is 12.4 Å². The van der Waals surface area contributed by atoms with Crippen LogP contribution in [-0.2, 0) is 0 Å². The van der Waals surface area contributed by atoms with Gasteiger partial charge >= 0.3 is 0 Å². The minimum Gasteiger partial charge on any atom is -0.444 e. The molecule has 2 aromatic heterocycles. The zero-order valence-electron chi connectivity index (χ0n) is 15.9. The van der Waals surface area contributed by atoms with Crippen molar-refractivity contribution in [2.75, 3.05) is 11.5 Å². The molecule has 0 aliphatic heterocycles. The van der Waals surface area contributed by atoms with Gasteiger partial charge in [-0.25, -0.2) is 9.97 Å². The number of hydrogen-bond donors (Lipinski definition) is 2. The summed E-state index contributed by atoms with van der Waals surface area (Å²) >= 11 is 0. The van der Waals surface area contributed by atoms with E-state index in [2.05, 4.69) is 16.0 Å². The molecule has 30 heavy (non-hydrogen) atoms. The Kier molecular flexibility index (Phi) is 4.29. The first kappa shape index (κ1) is 17.8. The number of benzene rings is 3. The molecule has 0 atom stereocenters. The minimum absolute atomic E-state index is 0.509. The summed E-state index contributed by atoms with van der Waals surface area (Å²) in [4.78, 5) is 8.34. The third-order valence-corrected chi connectivity index (χ3v) is 4.96. The number of nitrogens with zero attached hydrogens (tertiary/aromatic N) is 2. The average molecular weight is 394 g/mol. The van der Waals surface area contributed by atoms with E-state index < -0.39 is 0 Å². The first-order chi connectivity index (χ1) is 14.7. The minimum atomic E-state index is 0.509. The van der Waals surface area contributed by atoms with Crippen molar-refractivity contribution >= 4 is 11.4 Å². The van der Waals surface area contributed by atoms with E-state index in [9.17, 15) is 0 Å². The van der Waals surface area contributed by atoms with Crippen LogP contribution in [0.4, 0.5) is 11.4 Å². The van der Waals surface area contributed by atoms with Gasteiger partial charge in [-0.2, -0.15) is 0 Å². The monoisotopic (exact) mass is 394 g/mol. The summed E-state index contributed by atoms with van der Waals surface area (Å²) in [5, 5.41) is 0. The van der Waals surface area contributed by atoms with Crippen LogP contribution in [0.3, 0.4) is 0 Å². The number of oxazole rings is 2. The Balaban J connectivity index is 1.49. The van der Waals surface area contributed by atoms with Crippen LogP contribution in [0.15, 0.2) is 94.4 Å². The summed E-state index contributed by atoms with van der Waals surface area (Å²) in [6, 6.07) is 19.9. The molecule has 0 radical (unpaired) electrons. The van der Waals surface area contributed by atoms with Crippen LogP contribution >= 0.6 is 0 Å². The second-order valence-electron chi connectivity index (χ2n) is 6.86. The number of hydrogen-bond acceptors (Lipinski definition) is 6. The molecular formula is C24H18N4O2. The maximum atomic E-state index is 6.25. The maximum Gasteiger partial charge on any atom is 0.227 e. The van der Waals surface area contributed by atoms with Gasteiger partial charge in [0.15, 0.2) is 0 Å². The fraction of sp³-hybridized carbons (Fsp3) is 0. The van der Waals surface area contributed by atoms with Crippen LogP contribution in [0.25, 0.3) is 45.2 Å². The second-order valence-corrected chi connectivity index (χ2v) is 6.86. The van der Waals surface area contributed by atoms with Gasteiger partial charge in [0.1, 0.15) is 12.5 Å². The molecule has 0 saturated heterocycles. The Morgan fingerprint density at radius 2 is 1.03 bits per heavy atom. The quantitative estimate of drug-likeness (QED) is 0.390. The van der Waals surface area contributed by atoms with Crippen LogP contribution in [0, 0.1) is 0 Å². The highest BCUT2D eigenvalue weighted by Crippen LogP contribution is 2.34. The van der Waals surface area contributed by atoms with Gasteiger partial charge in [-0.15, -0.1) is 0 Å². The first-order valence-corrected chi connectivity index (χ1v) is 9.38. The van der Waals surface area contributed by atoms with Crippen LogP contribution in [0.5, 0.6) is 0 Å². The van der Waals surface area contributed by atoms with Crippen molar-refractivity contribution < 1.29 is 8.83 Å². The molecule has 0 spiro atoms. The van der Waals surface area contributed by atoms with Crippen molar-refractivity contribution in [3.63, 3.8) is 0 Å². The molecule has 2 heterocycles. The average Bonchev–Trinajstić information content (AvgIpc) is 3.48. The van der Waals surface area contributed by atoms with Crippen molar-refractivity contribution in [3.8, 4) is 45.2 Å². The van der Waals surface area contributed by atoms with Crippen molar-refractivity contribution in [2.45, 2.75) is 0 Å². The summed E-state index contributed by atoms with van der Waals surface area (Å²) in [7, 11) is 0. The largest absolute Gasteiger partial charge is 0.444 e. The van der Waals surface area contributed by atoms with E-state index in [0.29, 0.717) is 23.2 Å². The van der Waals surface area contributed by atoms with Crippen molar-refractivity contribution in [1.29, 1.82) is 0 Å². The van der Waals surface area contributed by atoms with E-state index in [-0.39, 0.29) is 0 Å². The molecule has 5 aromatic rings. The van der Waals surface area contributed by atoms with Crippen LogP contribution < -0.4 is 11.5 Å². The van der Waals surface area contributed by atoms with Gasteiger partial charge in [0.05, 0.1) is 23.5 Å². The lowest BCUT2D eigenvalue weighted by Gasteiger charge is -2.10. The summed E-state index contributed by atoms with van der Waals surface area (Å²) < 4.78 is 10.7. The standard InChI is InChI=1S/C24H18N4O2/c25-21-13-17(4-6-19(21)23-27-8-10-29-23)15-2-1-3-16(12-15)18-5-7-20(22(26)14-18)24-28-9-11-30-24/h1-14H,25-26H2. The molecule has 0 bridgehead atoms. The Morgan fingerprint density at radius 3 is 1.43 bits per heavy atom. The first-order valence-electron chi connectivity index (χ1n) is 9.38. The molecule has 3 aromatic carbocycles. The number of nitrogens with two attached hydrogens (primary N) is 2. The predicted octanol–water partition coefficient (Wildman–Crippen LogP) is 5.50. The van der Waals surface area contributed by atoms with Gasteiger partial charge < -0.3 is 20.3 Å². The third kappa shape index (κ3) is 3.20. The molecule has 4 N–H and O–H groups in total. The lowest BCUT2D eigenvalue weighted by atomic mass is 9.96. The molecule has 6 heteroatoms. The Hall–Kier alpha value is -4.32. The second kappa shape index (κ2) is 7.25. The molecule has 0 unspecified atom stereocenters. The molecule has 0 aliphatic carbocycles. The van der Waals surface area contributed by atoms with Gasteiger partial charge in [0, 0.05) is 11.4 Å². The van der Waals surface area contributed by atoms with Crippen molar-refractivity contribution in [3.05, 3.63) is 85.6 Å². The highest BCUT2D eigenvalue weighted by Gasteiger charge is 2.11. The summed E-state index contributed by atoms with van der Waals surface area (Å²) in [5.41, 5.74) is 19.4. The third-order valence-electron chi connectivity index (χ3n) is 4.96. The topological polar surface area (TPSA) is 104 Å². The number of rotatable bonds is 4. The number of aromatic nitrogens is 2. The fourth-order valence-electron chi connectivity index (χ4n) is 3.47. The normalized spacial score (nSPS) is 10.9. The predicted molar refractivity (Wildman–Crippen MR) is 117 cm³/mol. The highest BCUT2D eigenvalue weighted by atomic mass is 16.3. The van der Waals surface area contributed by atoms with E-state index in [1.165, 1.54) is 12.5 Å². The molecule has 0 fully saturated rings. The van der Waals surface area contributed by atoms with Gasteiger partial charge in [0.25, 0.3) is 0 Å². The molecule has 0 amide bonds. The van der Waals surface area contributed by atoms with Gasteiger partial charge in [-0.3, -0.25) is 0 Å². The van der Waals surface area contributed by atoms with Crippen molar-refractivity contribution in [2.24, 2.45) is 0 Å². The highest BCUT2D eigenvalue weighted by molar-refractivity contribution is 5.82. The smallest absolute Gasteiger partial charge is 0.227 e. The molecular weight excluding hydrogens is 376 g/mol. The summed E-state index contributed by atoms with van der Waals surface area (Å²) in [6.45, 7) is 0. The molecule has 146 valence electrons. The van der Waals surface area contributed by atoms with Gasteiger partial charge in [-0.1, -0.05) is 30.3 Å².